The normalized spacial score (nSPS) is 20.0. The standard InChI is InChI=1S/C18H21N3O4/c22-17(11-21-12-19-10-15(21)18(23)24)20-14-8-4-5-9-16(14)25-13-6-2-1-3-7-13/h1-3,6-7,10,12,14,16H,4-5,8-9,11H2,(H,20,22)(H,23,24)/t14-,16+/m1/s1. The van der Waals surface area contributed by atoms with E-state index in [1.165, 1.54) is 17.1 Å². The molecular formula is C18H21N3O4. The Bertz CT molecular complexity index is 729. The molecule has 0 radical (unpaired) electrons. The fraction of sp³-hybridized carbons (Fsp3) is 0.389. The van der Waals surface area contributed by atoms with E-state index < -0.39 is 5.97 Å². The summed E-state index contributed by atoms with van der Waals surface area (Å²) in [6.45, 7) is -0.0732. The Labute approximate surface area is 145 Å². The number of hydrogen-bond donors (Lipinski definition) is 2. The number of benzene rings is 1. The van der Waals surface area contributed by atoms with E-state index in [2.05, 4.69) is 10.3 Å². The highest BCUT2D eigenvalue weighted by atomic mass is 16.5. The summed E-state index contributed by atoms with van der Waals surface area (Å²) >= 11 is 0. The van der Waals surface area contributed by atoms with E-state index in [1.54, 1.807) is 0 Å². The van der Waals surface area contributed by atoms with E-state index in [1.807, 2.05) is 30.3 Å². The van der Waals surface area contributed by atoms with Crippen molar-refractivity contribution in [2.75, 3.05) is 0 Å². The predicted molar refractivity (Wildman–Crippen MR) is 90.4 cm³/mol. The second-order valence-electron chi connectivity index (χ2n) is 6.14. The number of aromatic nitrogens is 2. The van der Waals surface area contributed by atoms with Gasteiger partial charge in [0.2, 0.25) is 5.91 Å². The summed E-state index contributed by atoms with van der Waals surface area (Å²) in [6, 6.07) is 9.48. The highest BCUT2D eigenvalue weighted by molar-refractivity contribution is 5.86. The van der Waals surface area contributed by atoms with Gasteiger partial charge in [-0.3, -0.25) is 4.79 Å². The van der Waals surface area contributed by atoms with Gasteiger partial charge in [0.1, 0.15) is 24.1 Å². The first-order chi connectivity index (χ1) is 12.1. The van der Waals surface area contributed by atoms with Crippen LogP contribution in [0.3, 0.4) is 0 Å². The van der Waals surface area contributed by atoms with Crippen molar-refractivity contribution in [3.8, 4) is 5.75 Å². The third-order valence-corrected chi connectivity index (χ3v) is 4.32. The van der Waals surface area contributed by atoms with Crippen LogP contribution in [0.25, 0.3) is 0 Å². The molecular weight excluding hydrogens is 322 g/mol. The third kappa shape index (κ3) is 4.37. The zero-order valence-corrected chi connectivity index (χ0v) is 13.8. The zero-order valence-electron chi connectivity index (χ0n) is 13.8. The number of amides is 1. The Balaban J connectivity index is 1.62. The van der Waals surface area contributed by atoms with Gasteiger partial charge in [-0.15, -0.1) is 0 Å². The summed E-state index contributed by atoms with van der Waals surface area (Å²) in [5, 5.41) is 12.1. The predicted octanol–water partition coefficient (Wildman–Crippen LogP) is 2.09. The van der Waals surface area contributed by atoms with Gasteiger partial charge in [-0.2, -0.15) is 0 Å². The smallest absolute Gasteiger partial charge is 0.354 e. The molecule has 2 aromatic rings. The molecule has 1 fully saturated rings. The van der Waals surface area contributed by atoms with Gasteiger partial charge in [-0.05, 0) is 31.4 Å². The Morgan fingerprint density at radius 2 is 2.00 bits per heavy atom. The van der Waals surface area contributed by atoms with Crippen molar-refractivity contribution in [2.24, 2.45) is 0 Å². The average molecular weight is 343 g/mol. The van der Waals surface area contributed by atoms with Gasteiger partial charge in [-0.25, -0.2) is 9.78 Å². The molecule has 0 aliphatic heterocycles. The third-order valence-electron chi connectivity index (χ3n) is 4.32. The average Bonchev–Trinajstić information content (AvgIpc) is 3.06. The molecule has 2 N–H and O–H groups in total. The fourth-order valence-electron chi connectivity index (χ4n) is 3.11. The van der Waals surface area contributed by atoms with E-state index in [0.29, 0.717) is 0 Å². The number of hydrogen-bond acceptors (Lipinski definition) is 4. The molecule has 1 aliphatic carbocycles. The summed E-state index contributed by atoms with van der Waals surface area (Å²) in [5.74, 6) is -0.557. The van der Waals surface area contributed by atoms with Crippen LogP contribution in [-0.4, -0.2) is 38.7 Å². The van der Waals surface area contributed by atoms with Crippen LogP contribution in [0.2, 0.25) is 0 Å². The second-order valence-corrected chi connectivity index (χ2v) is 6.14. The van der Waals surface area contributed by atoms with Crippen LogP contribution in [0.5, 0.6) is 5.75 Å². The van der Waals surface area contributed by atoms with Crippen LogP contribution in [0.1, 0.15) is 36.2 Å². The Hall–Kier alpha value is -2.83. The highest BCUT2D eigenvalue weighted by Crippen LogP contribution is 2.24. The SMILES string of the molecule is O=C(Cn1cncc1C(=O)O)N[C@@H]1CCCC[C@@H]1Oc1ccccc1. The number of para-hydroxylation sites is 1. The van der Waals surface area contributed by atoms with Gasteiger partial charge in [0.15, 0.2) is 0 Å². The van der Waals surface area contributed by atoms with Crippen LogP contribution in [0, 0.1) is 0 Å². The monoisotopic (exact) mass is 343 g/mol. The Morgan fingerprint density at radius 1 is 1.24 bits per heavy atom. The number of carboxylic acid groups (broad SMARTS) is 1. The molecule has 7 heteroatoms. The molecule has 0 bridgehead atoms. The molecule has 1 aromatic carbocycles. The van der Waals surface area contributed by atoms with E-state index in [-0.39, 0.29) is 30.3 Å². The molecule has 0 unspecified atom stereocenters. The summed E-state index contributed by atoms with van der Waals surface area (Å²) in [4.78, 5) is 27.2. The van der Waals surface area contributed by atoms with Gasteiger partial charge in [0.05, 0.1) is 18.6 Å². The molecule has 2 atom stereocenters. The highest BCUT2D eigenvalue weighted by Gasteiger charge is 2.28. The maximum atomic E-state index is 12.3. The lowest BCUT2D eigenvalue weighted by Crippen LogP contribution is -2.48. The van der Waals surface area contributed by atoms with Crippen molar-refractivity contribution in [3.63, 3.8) is 0 Å². The van der Waals surface area contributed by atoms with E-state index in [0.717, 1.165) is 31.4 Å². The molecule has 1 saturated carbocycles. The number of rotatable bonds is 6. The molecule has 25 heavy (non-hydrogen) atoms. The minimum atomic E-state index is -1.10. The minimum absolute atomic E-state index is 0.00382. The molecule has 1 aliphatic rings. The second kappa shape index (κ2) is 7.83. The maximum Gasteiger partial charge on any atom is 0.354 e. The lowest BCUT2D eigenvalue weighted by molar-refractivity contribution is -0.123. The number of ether oxygens (including phenoxy) is 1. The van der Waals surface area contributed by atoms with E-state index in [4.69, 9.17) is 9.84 Å². The van der Waals surface area contributed by atoms with Gasteiger partial charge in [0.25, 0.3) is 0 Å². The lowest BCUT2D eigenvalue weighted by atomic mass is 9.92. The van der Waals surface area contributed by atoms with Gasteiger partial charge >= 0.3 is 5.97 Å². The molecule has 0 spiro atoms. The molecule has 1 amide bonds. The van der Waals surface area contributed by atoms with Crippen LogP contribution >= 0.6 is 0 Å². The lowest BCUT2D eigenvalue weighted by Gasteiger charge is -2.32. The topological polar surface area (TPSA) is 93.5 Å². The molecule has 3 rings (SSSR count). The van der Waals surface area contributed by atoms with E-state index >= 15 is 0 Å². The molecule has 1 aromatic heterocycles. The first-order valence-electron chi connectivity index (χ1n) is 8.38. The fourth-order valence-corrected chi connectivity index (χ4v) is 3.11. The van der Waals surface area contributed by atoms with Crippen LogP contribution in [0.4, 0.5) is 0 Å². The maximum absolute atomic E-state index is 12.3. The summed E-state index contributed by atoms with van der Waals surface area (Å²) in [7, 11) is 0. The first-order valence-corrected chi connectivity index (χ1v) is 8.38. The van der Waals surface area contributed by atoms with Crippen LogP contribution in [-0.2, 0) is 11.3 Å². The number of carbonyl (C=O) groups excluding carboxylic acids is 1. The van der Waals surface area contributed by atoms with Crippen LogP contribution in [0.15, 0.2) is 42.9 Å². The van der Waals surface area contributed by atoms with Gasteiger partial charge in [0, 0.05) is 0 Å². The number of carboxylic acids is 1. The quantitative estimate of drug-likeness (QED) is 0.838. The summed E-state index contributed by atoms with van der Waals surface area (Å²) in [6.07, 6.45) is 6.32. The molecule has 1 heterocycles. The Kier molecular flexibility index (Phi) is 5.33. The van der Waals surface area contributed by atoms with Gasteiger partial charge in [-0.1, -0.05) is 24.6 Å². The van der Waals surface area contributed by atoms with Crippen LogP contribution < -0.4 is 10.1 Å². The molecule has 0 saturated heterocycles. The minimum Gasteiger partial charge on any atom is -0.488 e. The van der Waals surface area contributed by atoms with Crippen molar-refractivity contribution in [2.45, 2.75) is 44.4 Å². The summed E-state index contributed by atoms with van der Waals surface area (Å²) in [5.41, 5.74) is -0.00382. The van der Waals surface area contributed by atoms with Crippen molar-refractivity contribution in [1.82, 2.24) is 14.9 Å². The Morgan fingerprint density at radius 3 is 2.76 bits per heavy atom. The number of carbonyl (C=O) groups is 2. The summed E-state index contributed by atoms with van der Waals surface area (Å²) < 4.78 is 7.36. The van der Waals surface area contributed by atoms with Crippen molar-refractivity contribution in [3.05, 3.63) is 48.5 Å². The van der Waals surface area contributed by atoms with Crippen molar-refractivity contribution in [1.29, 1.82) is 0 Å². The number of nitrogens with zero attached hydrogens (tertiary/aromatic N) is 2. The van der Waals surface area contributed by atoms with Crippen molar-refractivity contribution < 1.29 is 19.4 Å². The number of imidazole rings is 1. The first kappa shape index (κ1) is 17.0. The zero-order chi connectivity index (χ0) is 17.6. The van der Waals surface area contributed by atoms with Gasteiger partial charge < -0.3 is 19.7 Å². The number of aromatic carboxylic acids is 1. The van der Waals surface area contributed by atoms with E-state index in [9.17, 15) is 9.59 Å². The number of nitrogens with one attached hydrogen (secondary N) is 1. The molecule has 7 nitrogen and oxygen atoms in total. The van der Waals surface area contributed by atoms with Crippen molar-refractivity contribution >= 4 is 11.9 Å². The molecule has 132 valence electrons. The largest absolute Gasteiger partial charge is 0.488 e.